The first-order valence-electron chi connectivity index (χ1n) is 8.37. The predicted molar refractivity (Wildman–Crippen MR) is 94.7 cm³/mol. The number of rotatable bonds is 4. The van der Waals surface area contributed by atoms with Crippen molar-refractivity contribution in [2.24, 2.45) is 7.05 Å². The third-order valence-corrected chi connectivity index (χ3v) is 4.48. The molecule has 1 aliphatic heterocycles. The molecule has 1 N–H and O–H groups in total. The molecular weight excluding hydrogens is 320 g/mol. The van der Waals surface area contributed by atoms with Crippen LogP contribution in [0.4, 0.5) is 10.5 Å². The van der Waals surface area contributed by atoms with Crippen molar-refractivity contribution in [3.63, 3.8) is 0 Å². The van der Waals surface area contributed by atoms with Crippen molar-refractivity contribution in [1.29, 1.82) is 0 Å². The van der Waals surface area contributed by atoms with Crippen LogP contribution < -0.4 is 15.0 Å². The highest BCUT2D eigenvalue weighted by atomic mass is 16.5. The number of carbonyl (C=O) groups excluding carboxylic acids is 1. The van der Waals surface area contributed by atoms with Crippen LogP contribution in [0.3, 0.4) is 0 Å². The van der Waals surface area contributed by atoms with Gasteiger partial charge in [0.15, 0.2) is 5.82 Å². The van der Waals surface area contributed by atoms with Gasteiger partial charge in [-0.25, -0.2) is 4.79 Å². The topological polar surface area (TPSA) is 75.5 Å². The van der Waals surface area contributed by atoms with Crippen molar-refractivity contribution >= 4 is 11.7 Å². The third kappa shape index (κ3) is 3.84. The Bertz CT molecular complexity index is 706. The Kier molecular flexibility index (Phi) is 5.06. The molecule has 8 nitrogen and oxygen atoms in total. The van der Waals surface area contributed by atoms with E-state index in [1.807, 2.05) is 47.7 Å². The first-order chi connectivity index (χ1) is 12.1. The maximum Gasteiger partial charge on any atom is 0.318 e. The number of piperazine rings is 1. The van der Waals surface area contributed by atoms with Crippen LogP contribution in [-0.2, 0) is 7.05 Å². The molecule has 1 saturated heterocycles. The van der Waals surface area contributed by atoms with E-state index >= 15 is 0 Å². The molecule has 0 unspecified atom stereocenters. The van der Waals surface area contributed by atoms with Crippen LogP contribution in [0.15, 0.2) is 30.6 Å². The van der Waals surface area contributed by atoms with Crippen molar-refractivity contribution in [1.82, 2.24) is 25.0 Å². The van der Waals surface area contributed by atoms with E-state index in [0.29, 0.717) is 13.1 Å². The van der Waals surface area contributed by atoms with Gasteiger partial charge in [0.25, 0.3) is 0 Å². The summed E-state index contributed by atoms with van der Waals surface area (Å²) in [6.45, 7) is 4.89. The van der Waals surface area contributed by atoms with Crippen molar-refractivity contribution in [2.45, 2.75) is 13.0 Å². The van der Waals surface area contributed by atoms with Gasteiger partial charge in [0.1, 0.15) is 12.1 Å². The molecule has 0 radical (unpaired) electrons. The minimum Gasteiger partial charge on any atom is -0.497 e. The van der Waals surface area contributed by atoms with Gasteiger partial charge in [-0.05, 0) is 31.2 Å². The number of urea groups is 1. The lowest BCUT2D eigenvalue weighted by Crippen LogP contribution is -2.52. The average molecular weight is 344 g/mol. The highest BCUT2D eigenvalue weighted by molar-refractivity contribution is 5.75. The fraction of sp³-hybridized carbons (Fsp3) is 0.471. The molecule has 0 aliphatic carbocycles. The zero-order valence-electron chi connectivity index (χ0n) is 14.8. The smallest absolute Gasteiger partial charge is 0.318 e. The number of ether oxygens (including phenoxy) is 1. The third-order valence-electron chi connectivity index (χ3n) is 4.48. The van der Waals surface area contributed by atoms with E-state index in [1.54, 1.807) is 13.4 Å². The van der Waals surface area contributed by atoms with E-state index in [9.17, 15) is 4.79 Å². The summed E-state index contributed by atoms with van der Waals surface area (Å²) in [7, 11) is 3.53. The molecule has 2 aromatic rings. The largest absolute Gasteiger partial charge is 0.497 e. The summed E-state index contributed by atoms with van der Waals surface area (Å²) in [6.07, 6.45) is 1.63. The maximum atomic E-state index is 12.5. The second-order valence-corrected chi connectivity index (χ2v) is 6.14. The van der Waals surface area contributed by atoms with Crippen LogP contribution in [0.25, 0.3) is 0 Å². The molecule has 1 fully saturated rings. The fourth-order valence-corrected chi connectivity index (χ4v) is 2.99. The molecule has 1 aromatic carbocycles. The monoisotopic (exact) mass is 344 g/mol. The van der Waals surface area contributed by atoms with Gasteiger partial charge >= 0.3 is 6.03 Å². The number of benzene rings is 1. The number of amides is 2. The number of hydrogen-bond acceptors (Lipinski definition) is 5. The molecule has 1 aromatic heterocycles. The van der Waals surface area contributed by atoms with E-state index in [1.165, 1.54) is 0 Å². The minimum absolute atomic E-state index is 0.0649. The van der Waals surface area contributed by atoms with Crippen molar-refractivity contribution in [3.8, 4) is 5.75 Å². The summed E-state index contributed by atoms with van der Waals surface area (Å²) in [5.74, 6) is 1.59. The second kappa shape index (κ2) is 7.42. The lowest BCUT2D eigenvalue weighted by molar-refractivity contribution is 0.190. The van der Waals surface area contributed by atoms with E-state index in [-0.39, 0.29) is 12.1 Å². The first-order valence-corrected chi connectivity index (χ1v) is 8.37. The Labute approximate surface area is 147 Å². The summed E-state index contributed by atoms with van der Waals surface area (Å²) in [6, 6.07) is 7.76. The molecule has 3 rings (SSSR count). The summed E-state index contributed by atoms with van der Waals surface area (Å²) in [5.41, 5.74) is 1.15. The Hall–Kier alpha value is -2.77. The van der Waals surface area contributed by atoms with Crippen molar-refractivity contribution in [2.75, 3.05) is 38.2 Å². The number of hydrogen-bond donors (Lipinski definition) is 1. The predicted octanol–water partition coefficient (Wildman–Crippen LogP) is 1.42. The summed E-state index contributed by atoms with van der Waals surface area (Å²) in [4.78, 5) is 16.6. The molecule has 0 spiro atoms. The van der Waals surface area contributed by atoms with Gasteiger partial charge in [0, 0.05) is 38.9 Å². The fourth-order valence-electron chi connectivity index (χ4n) is 2.99. The van der Waals surface area contributed by atoms with E-state index < -0.39 is 0 Å². The van der Waals surface area contributed by atoms with Crippen LogP contribution in [0, 0.1) is 0 Å². The highest BCUT2D eigenvalue weighted by Gasteiger charge is 2.23. The molecule has 25 heavy (non-hydrogen) atoms. The summed E-state index contributed by atoms with van der Waals surface area (Å²) < 4.78 is 7.00. The standard InChI is InChI=1S/C17H24N6O2/c1-13(16-20-18-12-21(16)2)19-17(24)23-10-8-22(9-11-23)14-4-6-15(25-3)7-5-14/h4-7,12-13H,8-11H2,1-3H3,(H,19,24)/t13-/m0/s1. The van der Waals surface area contributed by atoms with E-state index in [2.05, 4.69) is 20.4 Å². The molecule has 1 aliphatic rings. The number of aryl methyl sites for hydroxylation is 1. The van der Waals surface area contributed by atoms with Gasteiger partial charge in [-0.2, -0.15) is 0 Å². The number of aromatic nitrogens is 3. The van der Waals surface area contributed by atoms with E-state index in [4.69, 9.17) is 4.74 Å². The first kappa shape index (κ1) is 17.1. The molecule has 0 saturated carbocycles. The van der Waals surface area contributed by atoms with Crippen LogP contribution >= 0.6 is 0 Å². The van der Waals surface area contributed by atoms with Gasteiger partial charge in [0.2, 0.25) is 0 Å². The quantitative estimate of drug-likeness (QED) is 0.908. The number of nitrogens with zero attached hydrogens (tertiary/aromatic N) is 5. The highest BCUT2D eigenvalue weighted by Crippen LogP contribution is 2.20. The van der Waals surface area contributed by atoms with Crippen LogP contribution in [0.5, 0.6) is 5.75 Å². The van der Waals surface area contributed by atoms with Gasteiger partial charge in [0.05, 0.1) is 13.2 Å². The molecule has 8 heteroatoms. The Morgan fingerprint density at radius 1 is 1.20 bits per heavy atom. The molecular formula is C17H24N6O2. The number of anilines is 1. The average Bonchev–Trinajstić information content (AvgIpc) is 3.08. The normalized spacial score (nSPS) is 15.8. The molecule has 1 atom stereocenters. The Balaban J connectivity index is 1.52. The van der Waals surface area contributed by atoms with Gasteiger partial charge in [-0.15, -0.1) is 10.2 Å². The maximum absolute atomic E-state index is 12.5. The van der Waals surface area contributed by atoms with Gasteiger partial charge < -0.3 is 24.4 Å². The number of carbonyl (C=O) groups is 1. The Morgan fingerprint density at radius 3 is 2.44 bits per heavy atom. The number of methoxy groups -OCH3 is 1. The minimum atomic E-state index is -0.181. The summed E-state index contributed by atoms with van der Waals surface area (Å²) >= 11 is 0. The second-order valence-electron chi connectivity index (χ2n) is 6.14. The zero-order valence-corrected chi connectivity index (χ0v) is 14.8. The molecule has 2 amide bonds. The van der Waals surface area contributed by atoms with Crippen LogP contribution in [0.1, 0.15) is 18.8 Å². The Morgan fingerprint density at radius 2 is 1.88 bits per heavy atom. The molecule has 0 bridgehead atoms. The lowest BCUT2D eigenvalue weighted by atomic mass is 10.2. The van der Waals surface area contributed by atoms with Crippen molar-refractivity contribution < 1.29 is 9.53 Å². The van der Waals surface area contributed by atoms with Crippen LogP contribution in [0.2, 0.25) is 0 Å². The van der Waals surface area contributed by atoms with Crippen molar-refractivity contribution in [3.05, 3.63) is 36.4 Å². The number of nitrogens with one attached hydrogen (secondary N) is 1. The SMILES string of the molecule is COc1ccc(N2CCN(C(=O)N[C@@H](C)c3nncn3C)CC2)cc1. The molecule has 134 valence electrons. The lowest BCUT2D eigenvalue weighted by Gasteiger charge is -2.36. The van der Waals surface area contributed by atoms with Crippen LogP contribution in [-0.4, -0.2) is 59.0 Å². The summed E-state index contributed by atoms with van der Waals surface area (Å²) in [5, 5.41) is 10.9. The van der Waals surface area contributed by atoms with Gasteiger partial charge in [-0.3, -0.25) is 0 Å². The van der Waals surface area contributed by atoms with Gasteiger partial charge in [-0.1, -0.05) is 0 Å². The zero-order chi connectivity index (χ0) is 17.8. The molecule has 2 heterocycles. The van der Waals surface area contributed by atoms with E-state index in [0.717, 1.165) is 30.4 Å².